The molecule has 6 atom stereocenters. The number of nitrogens with zero attached hydrogens (tertiary/aromatic N) is 5. The van der Waals surface area contributed by atoms with Gasteiger partial charge in [0.2, 0.25) is 5.95 Å². The van der Waals surface area contributed by atoms with Crippen molar-refractivity contribution >= 4 is 33.7 Å². The van der Waals surface area contributed by atoms with Crippen molar-refractivity contribution < 1.29 is 33.4 Å². The van der Waals surface area contributed by atoms with Crippen molar-refractivity contribution in [1.29, 1.82) is 5.26 Å². The fourth-order valence-electron chi connectivity index (χ4n) is 8.39. The monoisotopic (exact) mass is 899 g/mol. The van der Waals surface area contributed by atoms with Crippen LogP contribution in [0.3, 0.4) is 0 Å². The first-order valence-corrected chi connectivity index (χ1v) is 25.3. The van der Waals surface area contributed by atoms with Gasteiger partial charge in [-0.2, -0.15) is 10.2 Å². The number of ether oxygens (including phenoxy) is 3. The van der Waals surface area contributed by atoms with Crippen LogP contribution < -0.4 is 20.8 Å². The van der Waals surface area contributed by atoms with Crippen molar-refractivity contribution in [3.8, 4) is 17.6 Å². The minimum atomic E-state index is -2.91. The highest BCUT2D eigenvalue weighted by atomic mass is 31.2. The van der Waals surface area contributed by atoms with E-state index in [2.05, 4.69) is 59.6 Å². The minimum Gasteiger partial charge on any atom is -0.497 e. The Morgan fingerprint density at radius 1 is 0.968 bits per heavy atom. The van der Waals surface area contributed by atoms with E-state index in [0.717, 1.165) is 0 Å². The molecule has 1 saturated heterocycles. The summed E-state index contributed by atoms with van der Waals surface area (Å²) in [5.41, 5.74) is 6.25. The number of nitriles is 1. The van der Waals surface area contributed by atoms with Gasteiger partial charge in [0.05, 0.1) is 45.1 Å². The van der Waals surface area contributed by atoms with Gasteiger partial charge in [0.25, 0.3) is 5.56 Å². The van der Waals surface area contributed by atoms with Crippen molar-refractivity contribution in [2.75, 3.05) is 26.6 Å². The quantitative estimate of drug-likeness (QED) is 0.0310. The average molecular weight is 900 g/mol. The molecule has 0 spiro atoms. The first-order valence-electron chi connectivity index (χ1n) is 21.2. The van der Waals surface area contributed by atoms with Crippen molar-refractivity contribution in [3.63, 3.8) is 0 Å². The first-order chi connectivity index (χ1) is 29.8. The van der Waals surface area contributed by atoms with Crippen LogP contribution in [0, 0.1) is 11.3 Å². The third kappa shape index (κ3) is 8.78. The minimum absolute atomic E-state index is 0.0000321. The highest BCUT2D eigenvalue weighted by Gasteiger charge is 2.70. The lowest BCUT2D eigenvalue weighted by atomic mass is 9.64. The molecule has 15 nitrogen and oxygen atoms in total. The summed E-state index contributed by atoms with van der Waals surface area (Å²) < 4.78 is 36.5. The molecule has 5 aromatic rings. The van der Waals surface area contributed by atoms with Gasteiger partial charge in [0.15, 0.2) is 31.1 Å². The zero-order valence-corrected chi connectivity index (χ0v) is 40.0. The summed E-state index contributed by atoms with van der Waals surface area (Å²) in [5.74, 6) is 1.07. The molecule has 0 saturated carbocycles. The Bertz CT molecular complexity index is 2360. The lowest BCUT2D eigenvalue weighted by Gasteiger charge is -2.51. The van der Waals surface area contributed by atoms with Crippen LogP contribution in [0.1, 0.15) is 77.8 Å². The fraction of sp³-hybridized carbons (Fsp3) is 0.478. The number of hydrogen-bond acceptors (Lipinski definition) is 13. The Balaban J connectivity index is 1.77. The molecule has 2 aromatic heterocycles. The normalized spacial score (nSPS) is 20.7. The van der Waals surface area contributed by atoms with Gasteiger partial charge < -0.3 is 39.1 Å². The summed E-state index contributed by atoms with van der Waals surface area (Å²) in [6.07, 6.45) is -4.23. The fourth-order valence-corrected chi connectivity index (χ4v) is 12.4. The molecule has 3 heterocycles. The maximum absolute atomic E-state index is 14.6. The van der Waals surface area contributed by atoms with E-state index < -0.39 is 57.5 Å². The molecule has 5 N–H and O–H groups in total. The van der Waals surface area contributed by atoms with E-state index in [9.17, 15) is 20.3 Å². The number of aromatic amines is 1. The van der Waals surface area contributed by atoms with Gasteiger partial charge in [-0.15, -0.1) is 0 Å². The molecule has 17 heteroatoms. The molecule has 1 fully saturated rings. The lowest BCUT2D eigenvalue weighted by molar-refractivity contribution is -0.108. The zero-order valence-electron chi connectivity index (χ0n) is 38.1. The topological polar surface area (TPSA) is 203 Å². The Morgan fingerprint density at radius 2 is 1.51 bits per heavy atom. The van der Waals surface area contributed by atoms with E-state index in [1.165, 1.54) is 6.33 Å². The maximum atomic E-state index is 14.6. The second-order valence-corrected chi connectivity index (χ2v) is 24.7. The number of hydrogen-bond donors (Lipinski definition) is 4. The van der Waals surface area contributed by atoms with Crippen molar-refractivity contribution in [1.82, 2.24) is 24.2 Å². The third-order valence-corrected chi connectivity index (χ3v) is 19.7. The van der Waals surface area contributed by atoms with E-state index in [4.69, 9.17) is 28.9 Å². The van der Waals surface area contributed by atoms with E-state index in [0.29, 0.717) is 28.2 Å². The molecule has 3 aromatic carbocycles. The van der Waals surface area contributed by atoms with Crippen LogP contribution in [0.2, 0.25) is 18.1 Å². The van der Waals surface area contributed by atoms with Gasteiger partial charge in [0.1, 0.15) is 38.1 Å². The highest BCUT2D eigenvalue weighted by Crippen LogP contribution is 2.66. The maximum Gasteiger partial charge on any atom is 0.280 e. The predicted molar refractivity (Wildman–Crippen MR) is 247 cm³/mol. The van der Waals surface area contributed by atoms with Crippen LogP contribution in [0.25, 0.3) is 11.2 Å². The lowest BCUT2D eigenvalue weighted by Crippen LogP contribution is -2.62. The molecule has 6 rings (SSSR count). The van der Waals surface area contributed by atoms with E-state index in [1.54, 1.807) is 18.8 Å². The summed E-state index contributed by atoms with van der Waals surface area (Å²) in [6, 6.07) is 26.3. The molecule has 2 unspecified atom stereocenters. The summed E-state index contributed by atoms with van der Waals surface area (Å²) >= 11 is 0. The van der Waals surface area contributed by atoms with Crippen LogP contribution in [0.4, 0.5) is 5.95 Å². The number of nitrogen functional groups attached to an aromatic ring is 1. The predicted octanol–water partition coefficient (Wildman–Crippen LogP) is 7.45. The van der Waals surface area contributed by atoms with Gasteiger partial charge in [-0.3, -0.25) is 19.0 Å². The molecule has 0 radical (unpaired) electrons. The number of nitrogens with one attached hydrogen (secondary N) is 1. The second kappa shape index (κ2) is 18.8. The van der Waals surface area contributed by atoms with Crippen LogP contribution in [-0.2, 0) is 19.1 Å². The number of aliphatic hydroxyl groups is 2. The van der Waals surface area contributed by atoms with Crippen LogP contribution in [-0.4, -0.2) is 99.3 Å². The van der Waals surface area contributed by atoms with Gasteiger partial charge in [-0.1, -0.05) is 75.4 Å². The van der Waals surface area contributed by atoms with Crippen molar-refractivity contribution in [2.45, 2.75) is 120 Å². The molecule has 1 aliphatic rings. The van der Waals surface area contributed by atoms with E-state index in [-0.39, 0.29) is 47.3 Å². The number of rotatable bonds is 17. The van der Waals surface area contributed by atoms with Gasteiger partial charge >= 0.3 is 0 Å². The average Bonchev–Trinajstić information content (AvgIpc) is 3.79. The third-order valence-electron chi connectivity index (χ3n) is 12.4. The van der Waals surface area contributed by atoms with Crippen LogP contribution in [0.5, 0.6) is 11.5 Å². The summed E-state index contributed by atoms with van der Waals surface area (Å²) in [4.78, 5) is 24.8. The number of anilines is 1. The molecular formula is C46H62N7O8PSi. The Hall–Kier alpha value is -4.69. The molecule has 0 bridgehead atoms. The number of imidazole rings is 1. The summed E-state index contributed by atoms with van der Waals surface area (Å²) in [6.45, 7) is 18.5. The first kappa shape index (κ1) is 47.8. The summed E-state index contributed by atoms with van der Waals surface area (Å²) in [7, 11) is -1.99. The Kier molecular flexibility index (Phi) is 14.3. The van der Waals surface area contributed by atoms with Gasteiger partial charge in [0, 0.05) is 12.1 Å². The molecule has 0 aliphatic carbocycles. The number of benzene rings is 3. The number of fused-ring (bicyclic) bond motifs is 1. The number of H-pyrrole nitrogens is 1. The molecule has 1 aliphatic heterocycles. The van der Waals surface area contributed by atoms with E-state index >= 15 is 0 Å². The Labute approximate surface area is 372 Å². The van der Waals surface area contributed by atoms with Crippen molar-refractivity contribution in [3.05, 3.63) is 112 Å². The van der Waals surface area contributed by atoms with Crippen LogP contribution >= 0.6 is 8.30 Å². The second-order valence-electron chi connectivity index (χ2n) is 18.0. The molecule has 338 valence electrons. The molecular weight excluding hydrogens is 838 g/mol. The van der Waals surface area contributed by atoms with E-state index in [1.807, 2.05) is 107 Å². The molecule has 0 amide bonds. The largest absolute Gasteiger partial charge is 0.497 e. The standard InChI is InChI=1S/C46H62N7O8PSi/c1-29(2)53(30(3)4)62(59-27-15-26-47)46(56)38(60-42(39(46)61-63(10,11)44(5,6)7)52-28-49-36-40(52)50-43(48)51-41(36)55)37(54)45(31-16-13-12-14-17-31,32-18-22-34(57-8)23-19-32)33-20-24-35(58-9)25-21-33/h12-14,16-25,28-30,37-39,42,54,56H,15,27H2,1-11H3,(H3,48,50,51,55)/t37?,38-,39+,42-,46+,62?/m1/s1. The van der Waals surface area contributed by atoms with Gasteiger partial charge in [-0.05, 0) is 86.8 Å². The zero-order chi connectivity index (χ0) is 46.1. The smallest absolute Gasteiger partial charge is 0.280 e. The molecule has 63 heavy (non-hydrogen) atoms. The number of methoxy groups -OCH3 is 2. The highest BCUT2D eigenvalue weighted by molar-refractivity contribution is 7.51. The van der Waals surface area contributed by atoms with Crippen LogP contribution in [0.15, 0.2) is 90.0 Å². The number of aliphatic hydroxyl groups excluding tert-OH is 1. The van der Waals surface area contributed by atoms with Crippen molar-refractivity contribution in [2.24, 2.45) is 0 Å². The number of nitrogens with two attached hydrogens (primary N) is 1. The van der Waals surface area contributed by atoms with Gasteiger partial charge in [-0.25, -0.2) is 4.98 Å². The SMILES string of the molecule is COc1ccc(C(c2ccccc2)(c2ccc(OC)cc2)C(O)[C@H]2O[C@@H](n3cnc4c(=O)[nH]c(N)nc43)[C@H](O[Si](C)(C)C(C)(C)C)[C@@]2(O)P(OCCC#N)N(C(C)C)C(C)C)cc1. The Morgan fingerprint density at radius 3 is 2.00 bits per heavy atom. The number of aromatic nitrogens is 4. The summed E-state index contributed by atoms with van der Waals surface area (Å²) in [5, 5.41) is 35.9.